The zero-order valence-electron chi connectivity index (χ0n) is 34.0. The minimum Gasteiger partial charge on any atom is -0.290 e. The lowest BCUT2D eigenvalue weighted by molar-refractivity contribution is -0.127. The normalized spacial score (nSPS) is 11.1. The Balaban J connectivity index is 0.000000211. The molecule has 7 aromatic rings. The van der Waals surface area contributed by atoms with Crippen LogP contribution >= 0.6 is 81.2 Å². The summed E-state index contributed by atoms with van der Waals surface area (Å²) in [6.45, 7) is 8.71. The van der Waals surface area contributed by atoms with Crippen molar-refractivity contribution < 1.29 is 19.2 Å². The van der Waals surface area contributed by atoms with Crippen molar-refractivity contribution >= 4 is 105 Å². The molecule has 2 heterocycles. The maximum Gasteiger partial charge on any atom is 0.278 e. The van der Waals surface area contributed by atoms with Gasteiger partial charge in [0.2, 0.25) is 5.91 Å². The van der Waals surface area contributed by atoms with Gasteiger partial charge in [0, 0.05) is 58.3 Å². The van der Waals surface area contributed by atoms with Crippen LogP contribution in [0.15, 0.2) is 109 Å². The Morgan fingerprint density at radius 2 is 0.825 bits per heavy atom. The number of nitrogens with zero attached hydrogens (tertiary/aromatic N) is 4. The van der Waals surface area contributed by atoms with Gasteiger partial charge in [-0.15, -0.1) is 0 Å². The SMILES string of the molecule is Cc1c(C(=O)NC(=O)C(C)(C)C)nn(-c2ccc(Cl)cc2Cl)c1-c1ccc(Cl)cc1.Cc1c(C(=O)NC(=O)c2ccc(Cl)cc2)nn(-c2ccc(Cl)cc2Cl)c1-c1ccc(Cl)cc1. The number of imide groups is 2. The first kappa shape index (κ1) is 47.3. The number of hydrogen-bond acceptors (Lipinski definition) is 6. The van der Waals surface area contributed by atoms with Crippen LogP contribution in [0.3, 0.4) is 0 Å². The van der Waals surface area contributed by atoms with E-state index in [0.29, 0.717) is 74.6 Å². The van der Waals surface area contributed by atoms with Gasteiger partial charge in [0.05, 0.1) is 32.8 Å². The molecule has 2 N–H and O–H groups in total. The molecule has 5 aromatic carbocycles. The molecule has 63 heavy (non-hydrogen) atoms. The second-order valence-corrected chi connectivity index (χ2v) is 18.0. The van der Waals surface area contributed by atoms with Gasteiger partial charge in [-0.05, 0) is 98.8 Å². The number of hydrogen-bond donors (Lipinski definition) is 2. The fourth-order valence-electron chi connectivity index (χ4n) is 6.16. The number of amides is 4. The summed E-state index contributed by atoms with van der Waals surface area (Å²) in [5.41, 5.74) is 4.85. The molecule has 7 rings (SSSR count). The predicted molar refractivity (Wildman–Crippen MR) is 253 cm³/mol. The topological polar surface area (TPSA) is 128 Å². The summed E-state index contributed by atoms with van der Waals surface area (Å²) in [7, 11) is 0. The molecule has 0 saturated carbocycles. The standard InChI is InChI=1S/C24H15Cl4N3O2.C22H20Cl3N3O2/c1-13-21(24(33)29-23(32)15-4-8-17(26)9-5-15)30-31(20-11-10-18(27)12-19(20)28)22(13)14-2-6-16(25)7-3-14;1-12-18(20(29)26-21(30)22(2,3)4)27-28(17-10-9-15(24)11-16(17)25)19(12)13-5-7-14(23)8-6-13/h2-12H,1H3,(H,29,32,33);5-11H,1-4H3,(H,26,29,30). The van der Waals surface area contributed by atoms with E-state index in [1.54, 1.807) is 117 Å². The fraction of sp³-hybridized carbons (Fsp3) is 0.130. The number of benzene rings is 5. The van der Waals surface area contributed by atoms with Crippen LogP contribution in [0.2, 0.25) is 35.2 Å². The molecule has 322 valence electrons. The number of rotatable bonds is 7. The van der Waals surface area contributed by atoms with E-state index < -0.39 is 23.1 Å². The van der Waals surface area contributed by atoms with Crippen molar-refractivity contribution in [3.63, 3.8) is 0 Å². The Morgan fingerprint density at radius 3 is 1.19 bits per heavy atom. The number of carbonyl (C=O) groups is 4. The van der Waals surface area contributed by atoms with Gasteiger partial charge in [0.15, 0.2) is 11.4 Å². The molecular weight excluding hydrogens is 949 g/mol. The van der Waals surface area contributed by atoms with E-state index >= 15 is 0 Å². The van der Waals surface area contributed by atoms with Crippen molar-refractivity contribution in [3.8, 4) is 33.9 Å². The summed E-state index contributed by atoms with van der Waals surface area (Å²) in [6.07, 6.45) is 0. The smallest absolute Gasteiger partial charge is 0.278 e. The molecule has 0 aliphatic carbocycles. The second kappa shape index (κ2) is 19.7. The van der Waals surface area contributed by atoms with Crippen molar-refractivity contribution in [1.82, 2.24) is 30.2 Å². The molecule has 0 bridgehead atoms. The van der Waals surface area contributed by atoms with Crippen LogP contribution in [-0.2, 0) is 4.79 Å². The first-order chi connectivity index (χ1) is 29.7. The summed E-state index contributed by atoms with van der Waals surface area (Å²) in [5.74, 6) is -2.18. The van der Waals surface area contributed by atoms with E-state index in [1.165, 1.54) is 12.1 Å². The number of carbonyl (C=O) groups excluding carboxylic acids is 4. The molecule has 17 heteroatoms. The average Bonchev–Trinajstić information content (AvgIpc) is 3.75. The summed E-state index contributed by atoms with van der Waals surface area (Å²) in [6, 6.07) is 30.4. The van der Waals surface area contributed by atoms with Crippen molar-refractivity contribution in [1.29, 1.82) is 0 Å². The monoisotopic (exact) mass is 980 g/mol. The van der Waals surface area contributed by atoms with Crippen LogP contribution in [0.5, 0.6) is 0 Å². The third-order valence-electron chi connectivity index (χ3n) is 9.43. The highest BCUT2D eigenvalue weighted by Gasteiger charge is 2.29. The summed E-state index contributed by atoms with van der Waals surface area (Å²) < 4.78 is 3.13. The third kappa shape index (κ3) is 11.0. The Hall–Kier alpha value is -5.17. The molecular formula is C46H35Cl7N6O4. The molecule has 0 fully saturated rings. The van der Waals surface area contributed by atoms with Gasteiger partial charge in [-0.1, -0.05) is 126 Å². The Morgan fingerprint density at radius 1 is 0.476 bits per heavy atom. The highest BCUT2D eigenvalue weighted by atomic mass is 35.5. The molecule has 0 radical (unpaired) electrons. The van der Waals surface area contributed by atoms with E-state index in [1.807, 2.05) is 24.3 Å². The van der Waals surface area contributed by atoms with E-state index in [0.717, 1.165) is 11.1 Å². The lowest BCUT2D eigenvalue weighted by Gasteiger charge is -2.16. The van der Waals surface area contributed by atoms with Gasteiger partial charge in [0.1, 0.15) is 0 Å². The highest BCUT2D eigenvalue weighted by molar-refractivity contribution is 6.36. The molecule has 10 nitrogen and oxygen atoms in total. The van der Waals surface area contributed by atoms with Crippen LogP contribution < -0.4 is 10.6 Å². The number of aromatic nitrogens is 4. The summed E-state index contributed by atoms with van der Waals surface area (Å²) >= 11 is 42.9. The quantitative estimate of drug-likeness (QED) is 0.153. The van der Waals surface area contributed by atoms with Crippen LogP contribution in [0.1, 0.15) is 63.2 Å². The van der Waals surface area contributed by atoms with E-state index in [-0.39, 0.29) is 17.3 Å². The first-order valence-electron chi connectivity index (χ1n) is 18.8. The zero-order chi connectivity index (χ0) is 45.9. The lowest BCUT2D eigenvalue weighted by atomic mass is 9.95. The average molecular weight is 984 g/mol. The van der Waals surface area contributed by atoms with Crippen LogP contribution in [0, 0.1) is 19.3 Å². The molecule has 0 aliphatic heterocycles. The molecule has 0 saturated heterocycles. The lowest BCUT2D eigenvalue weighted by Crippen LogP contribution is -2.39. The van der Waals surface area contributed by atoms with Gasteiger partial charge in [-0.2, -0.15) is 10.2 Å². The van der Waals surface area contributed by atoms with Crippen molar-refractivity contribution in [2.45, 2.75) is 34.6 Å². The van der Waals surface area contributed by atoms with Crippen LogP contribution in [0.25, 0.3) is 33.9 Å². The summed E-state index contributed by atoms with van der Waals surface area (Å²) in [4.78, 5) is 50.7. The van der Waals surface area contributed by atoms with Crippen LogP contribution in [-0.4, -0.2) is 43.2 Å². The van der Waals surface area contributed by atoms with E-state index in [9.17, 15) is 19.2 Å². The van der Waals surface area contributed by atoms with Gasteiger partial charge in [-0.3, -0.25) is 29.8 Å². The van der Waals surface area contributed by atoms with Crippen molar-refractivity contribution in [2.75, 3.05) is 0 Å². The second-order valence-electron chi connectivity index (χ2n) is 15.0. The zero-order valence-corrected chi connectivity index (χ0v) is 39.3. The molecule has 2 aromatic heterocycles. The van der Waals surface area contributed by atoms with Crippen molar-refractivity contribution in [3.05, 3.63) is 172 Å². The van der Waals surface area contributed by atoms with Crippen LogP contribution in [0.4, 0.5) is 0 Å². The Kier molecular flexibility index (Phi) is 14.8. The van der Waals surface area contributed by atoms with E-state index in [4.69, 9.17) is 81.2 Å². The van der Waals surface area contributed by atoms with Crippen molar-refractivity contribution in [2.24, 2.45) is 5.41 Å². The maximum atomic E-state index is 13.0. The molecule has 0 unspecified atom stereocenters. The molecule has 0 aliphatic rings. The summed E-state index contributed by atoms with van der Waals surface area (Å²) in [5, 5.41) is 17.1. The number of halogens is 7. The molecule has 0 atom stereocenters. The largest absolute Gasteiger partial charge is 0.290 e. The Labute approximate surface area is 398 Å². The third-order valence-corrected chi connectivity index (χ3v) is 11.3. The van der Waals surface area contributed by atoms with E-state index in [2.05, 4.69) is 20.8 Å². The minimum atomic E-state index is -0.718. The number of nitrogens with one attached hydrogen (secondary N) is 2. The first-order valence-corrected chi connectivity index (χ1v) is 21.5. The highest BCUT2D eigenvalue weighted by Crippen LogP contribution is 2.35. The molecule has 0 spiro atoms. The van der Waals surface area contributed by atoms with Gasteiger partial charge in [0.25, 0.3) is 17.7 Å². The van der Waals surface area contributed by atoms with Gasteiger partial charge >= 0.3 is 0 Å². The predicted octanol–water partition coefficient (Wildman–Crippen LogP) is 13.1. The minimum absolute atomic E-state index is 0.0771. The Bertz CT molecular complexity index is 2890. The van der Waals surface area contributed by atoms with Gasteiger partial charge < -0.3 is 0 Å². The van der Waals surface area contributed by atoms with Gasteiger partial charge in [-0.25, -0.2) is 9.36 Å². The fourth-order valence-corrected chi connectivity index (χ4v) is 7.51. The molecule has 4 amide bonds. The maximum absolute atomic E-state index is 13.0.